The summed E-state index contributed by atoms with van der Waals surface area (Å²) in [6.07, 6.45) is 6.45. The molecule has 0 saturated heterocycles. The predicted molar refractivity (Wildman–Crippen MR) is 104 cm³/mol. The zero-order valence-corrected chi connectivity index (χ0v) is 15.2. The van der Waals surface area contributed by atoms with Crippen molar-refractivity contribution in [1.82, 2.24) is 0 Å². The van der Waals surface area contributed by atoms with E-state index in [1.54, 1.807) is 7.11 Å². The highest BCUT2D eigenvalue weighted by molar-refractivity contribution is 6.12. The minimum atomic E-state index is 0.296. The van der Waals surface area contributed by atoms with Crippen molar-refractivity contribution in [1.29, 1.82) is 0 Å². The molecule has 0 bridgehead atoms. The Bertz CT molecular complexity index is 852. The second kappa shape index (κ2) is 7.24. The number of rotatable bonds is 5. The van der Waals surface area contributed by atoms with Gasteiger partial charge in [0, 0.05) is 18.0 Å². The first-order chi connectivity index (χ1) is 12.8. The van der Waals surface area contributed by atoms with Crippen LogP contribution in [0.15, 0.2) is 47.5 Å². The Hall–Kier alpha value is -2.75. The zero-order valence-electron chi connectivity index (χ0n) is 15.2. The van der Waals surface area contributed by atoms with E-state index in [-0.39, 0.29) is 0 Å². The molecule has 2 aliphatic rings. The minimum Gasteiger partial charge on any atom is -0.497 e. The van der Waals surface area contributed by atoms with Gasteiger partial charge in [0.25, 0.3) is 0 Å². The van der Waals surface area contributed by atoms with Crippen LogP contribution >= 0.6 is 0 Å². The fourth-order valence-electron chi connectivity index (χ4n) is 3.54. The van der Waals surface area contributed by atoms with E-state index in [2.05, 4.69) is 31.2 Å². The summed E-state index contributed by atoms with van der Waals surface area (Å²) >= 11 is 0. The summed E-state index contributed by atoms with van der Waals surface area (Å²) in [7, 11) is 1.68. The molecule has 134 valence electrons. The molecule has 0 N–H and O–H groups in total. The molecule has 4 heteroatoms. The number of hydrogen-bond acceptors (Lipinski definition) is 4. The molecule has 0 amide bonds. The van der Waals surface area contributed by atoms with E-state index in [0.717, 1.165) is 53.5 Å². The summed E-state index contributed by atoms with van der Waals surface area (Å²) in [6, 6.07) is 12.2. The summed E-state index contributed by atoms with van der Waals surface area (Å²) in [4.78, 5) is 4.85. The van der Waals surface area contributed by atoms with Crippen molar-refractivity contribution >= 4 is 11.8 Å². The van der Waals surface area contributed by atoms with Crippen molar-refractivity contribution in [3.8, 4) is 17.2 Å². The SMILES string of the molecule is CCCC1CN=C(C=Cc2ccc(OC)cc2)c2cc3c(cc21)OCO3. The van der Waals surface area contributed by atoms with Crippen molar-refractivity contribution in [2.24, 2.45) is 4.99 Å². The molecular weight excluding hydrogens is 326 g/mol. The van der Waals surface area contributed by atoms with Crippen LogP contribution < -0.4 is 14.2 Å². The van der Waals surface area contributed by atoms with Crippen molar-refractivity contribution in [3.05, 3.63) is 59.2 Å². The highest BCUT2D eigenvalue weighted by atomic mass is 16.7. The molecule has 2 aromatic rings. The highest BCUT2D eigenvalue weighted by Gasteiger charge is 2.26. The Balaban J connectivity index is 1.66. The second-order valence-corrected chi connectivity index (χ2v) is 6.61. The first-order valence-electron chi connectivity index (χ1n) is 9.09. The van der Waals surface area contributed by atoms with Gasteiger partial charge in [-0.2, -0.15) is 0 Å². The molecule has 0 aromatic heterocycles. The fraction of sp³-hybridized carbons (Fsp3) is 0.318. The molecule has 4 nitrogen and oxygen atoms in total. The van der Waals surface area contributed by atoms with Gasteiger partial charge in [0.15, 0.2) is 11.5 Å². The van der Waals surface area contributed by atoms with Crippen molar-refractivity contribution < 1.29 is 14.2 Å². The second-order valence-electron chi connectivity index (χ2n) is 6.61. The van der Waals surface area contributed by atoms with Gasteiger partial charge in [-0.1, -0.05) is 31.6 Å². The lowest BCUT2D eigenvalue weighted by Gasteiger charge is -2.24. The van der Waals surface area contributed by atoms with Crippen LogP contribution in [0.4, 0.5) is 0 Å². The Morgan fingerprint density at radius 1 is 1.12 bits per heavy atom. The van der Waals surface area contributed by atoms with Gasteiger partial charge in [0.05, 0.1) is 12.8 Å². The quantitative estimate of drug-likeness (QED) is 0.777. The molecule has 4 rings (SSSR count). The van der Waals surface area contributed by atoms with Crippen LogP contribution in [0.1, 0.15) is 42.4 Å². The number of nitrogens with zero attached hydrogens (tertiary/aromatic N) is 1. The molecule has 1 unspecified atom stereocenters. The van der Waals surface area contributed by atoms with E-state index in [9.17, 15) is 0 Å². The number of hydrogen-bond donors (Lipinski definition) is 0. The molecular formula is C22H23NO3. The van der Waals surface area contributed by atoms with Crippen LogP contribution in [0.3, 0.4) is 0 Å². The standard InChI is InChI=1S/C22H23NO3/c1-3-4-16-13-23-20(10-7-15-5-8-17(24-2)9-6-15)19-12-22-21(11-18(16)19)25-14-26-22/h5-12,16H,3-4,13-14H2,1-2H3. The Kier molecular flexibility index (Phi) is 4.65. The van der Waals surface area contributed by atoms with Crippen LogP contribution in [0.5, 0.6) is 17.2 Å². The van der Waals surface area contributed by atoms with E-state index < -0.39 is 0 Å². The van der Waals surface area contributed by atoms with E-state index >= 15 is 0 Å². The fourth-order valence-corrected chi connectivity index (χ4v) is 3.54. The average Bonchev–Trinajstić information content (AvgIpc) is 3.14. The first kappa shape index (κ1) is 16.7. The lowest BCUT2D eigenvalue weighted by molar-refractivity contribution is 0.174. The van der Waals surface area contributed by atoms with Crippen LogP contribution in [-0.2, 0) is 0 Å². The molecule has 0 spiro atoms. The van der Waals surface area contributed by atoms with Crippen molar-refractivity contribution in [3.63, 3.8) is 0 Å². The molecule has 0 saturated carbocycles. The van der Waals surface area contributed by atoms with E-state index in [4.69, 9.17) is 19.2 Å². The minimum absolute atomic E-state index is 0.296. The van der Waals surface area contributed by atoms with E-state index in [1.807, 2.05) is 24.3 Å². The number of allylic oxidation sites excluding steroid dienone is 1. The number of benzene rings is 2. The van der Waals surface area contributed by atoms with Crippen LogP contribution in [0.25, 0.3) is 6.08 Å². The average molecular weight is 349 g/mol. The smallest absolute Gasteiger partial charge is 0.231 e. The van der Waals surface area contributed by atoms with Crippen molar-refractivity contribution in [2.45, 2.75) is 25.7 Å². The van der Waals surface area contributed by atoms with Gasteiger partial charge in [0.1, 0.15) is 5.75 Å². The summed E-state index contributed by atoms with van der Waals surface area (Å²) in [6.45, 7) is 3.34. The molecule has 0 aliphatic carbocycles. The summed E-state index contributed by atoms with van der Waals surface area (Å²) < 4.78 is 16.4. The summed E-state index contributed by atoms with van der Waals surface area (Å²) in [5, 5.41) is 0. The van der Waals surface area contributed by atoms with Gasteiger partial charge < -0.3 is 14.2 Å². The lowest BCUT2D eigenvalue weighted by atomic mass is 9.86. The third-order valence-corrected chi connectivity index (χ3v) is 4.93. The third kappa shape index (κ3) is 3.19. The van der Waals surface area contributed by atoms with Gasteiger partial charge in [-0.3, -0.25) is 4.99 Å². The molecule has 2 aliphatic heterocycles. The van der Waals surface area contributed by atoms with Gasteiger partial charge in [-0.15, -0.1) is 0 Å². The number of fused-ring (bicyclic) bond motifs is 2. The Labute approximate surface area is 154 Å². The first-order valence-corrected chi connectivity index (χ1v) is 9.09. The molecule has 2 heterocycles. The Morgan fingerprint density at radius 3 is 2.62 bits per heavy atom. The van der Waals surface area contributed by atoms with Gasteiger partial charge in [-0.05, 0) is 47.9 Å². The monoisotopic (exact) mass is 349 g/mol. The summed E-state index contributed by atoms with van der Waals surface area (Å²) in [5.74, 6) is 2.97. The highest BCUT2D eigenvalue weighted by Crippen LogP contribution is 2.40. The topological polar surface area (TPSA) is 40.0 Å². The maximum absolute atomic E-state index is 5.59. The number of ether oxygens (including phenoxy) is 3. The molecule has 1 atom stereocenters. The normalized spacial score (nSPS) is 17.9. The molecule has 2 aromatic carbocycles. The molecule has 0 fully saturated rings. The number of methoxy groups -OCH3 is 1. The maximum Gasteiger partial charge on any atom is 0.231 e. The van der Waals surface area contributed by atoms with Gasteiger partial charge in [0.2, 0.25) is 6.79 Å². The zero-order chi connectivity index (χ0) is 17.9. The maximum atomic E-state index is 5.59. The Morgan fingerprint density at radius 2 is 1.88 bits per heavy atom. The lowest BCUT2D eigenvalue weighted by Crippen LogP contribution is -2.16. The van der Waals surface area contributed by atoms with Crippen LogP contribution in [0.2, 0.25) is 0 Å². The third-order valence-electron chi connectivity index (χ3n) is 4.93. The van der Waals surface area contributed by atoms with Crippen LogP contribution in [-0.4, -0.2) is 26.2 Å². The largest absolute Gasteiger partial charge is 0.497 e. The molecule has 0 radical (unpaired) electrons. The van der Waals surface area contributed by atoms with E-state index in [0.29, 0.717) is 12.7 Å². The number of aliphatic imine (C=N–C) groups is 1. The van der Waals surface area contributed by atoms with E-state index in [1.165, 1.54) is 5.56 Å². The van der Waals surface area contributed by atoms with Gasteiger partial charge in [-0.25, -0.2) is 0 Å². The van der Waals surface area contributed by atoms with Crippen LogP contribution in [0, 0.1) is 0 Å². The summed E-state index contributed by atoms with van der Waals surface area (Å²) in [5.41, 5.74) is 4.59. The molecule has 26 heavy (non-hydrogen) atoms. The van der Waals surface area contributed by atoms with Crippen molar-refractivity contribution in [2.75, 3.05) is 20.4 Å². The van der Waals surface area contributed by atoms with Gasteiger partial charge >= 0.3 is 0 Å². The predicted octanol–water partition coefficient (Wildman–Crippen LogP) is 4.82.